The van der Waals surface area contributed by atoms with Crippen molar-refractivity contribution in [2.24, 2.45) is 5.92 Å². The van der Waals surface area contributed by atoms with E-state index in [4.69, 9.17) is 4.74 Å². The highest BCUT2D eigenvalue weighted by molar-refractivity contribution is 7.09. The normalized spacial score (nSPS) is 25.3. The number of nitrogens with one attached hydrogen (secondary N) is 3. The fraction of sp³-hybridized carbons (Fsp3) is 0.571. The summed E-state index contributed by atoms with van der Waals surface area (Å²) in [5.74, 6) is -0.0362. The topological polar surface area (TPSA) is 113 Å². The number of likely N-dealkylation sites (N-methyl/N-ethyl adjacent to an activating group) is 1. The number of nitrogens with zero attached hydrogens (tertiary/aromatic N) is 2. The smallest absolute Gasteiger partial charge is 0.243 e. The Morgan fingerprint density at radius 1 is 1.18 bits per heavy atom. The minimum atomic E-state index is -0.750. The molecule has 0 spiro atoms. The predicted octanol–water partition coefficient (Wildman–Crippen LogP) is 2.55. The van der Waals surface area contributed by atoms with E-state index in [0.29, 0.717) is 38.1 Å². The van der Waals surface area contributed by atoms with Gasteiger partial charge in [0.25, 0.3) is 0 Å². The zero-order valence-corrected chi connectivity index (χ0v) is 23.8. The molecule has 5 atom stereocenters. The maximum atomic E-state index is 13.6. The molecule has 0 saturated heterocycles. The Labute approximate surface area is 229 Å². The first-order valence-electron chi connectivity index (χ1n) is 13.4. The van der Waals surface area contributed by atoms with Crippen molar-refractivity contribution in [2.45, 2.75) is 77.6 Å². The van der Waals surface area contributed by atoms with Gasteiger partial charge in [-0.25, -0.2) is 0 Å². The van der Waals surface area contributed by atoms with Crippen LogP contribution in [0.3, 0.4) is 0 Å². The van der Waals surface area contributed by atoms with E-state index >= 15 is 0 Å². The van der Waals surface area contributed by atoms with E-state index in [-0.39, 0.29) is 29.7 Å². The fourth-order valence-electron chi connectivity index (χ4n) is 4.35. The molecule has 0 aliphatic carbocycles. The number of carbonyl (C=O) groups excluding carboxylic acids is 3. The molecule has 0 fully saturated rings. The Balaban J connectivity index is 1.87. The summed E-state index contributed by atoms with van der Waals surface area (Å²) in [4.78, 5) is 46.9. The van der Waals surface area contributed by atoms with Gasteiger partial charge in [-0.1, -0.05) is 26.3 Å². The Morgan fingerprint density at radius 2 is 1.97 bits per heavy atom. The van der Waals surface area contributed by atoms with Crippen LogP contribution >= 0.6 is 11.3 Å². The number of carbonyl (C=O) groups is 3. The van der Waals surface area contributed by atoms with Crippen molar-refractivity contribution in [2.75, 3.05) is 20.1 Å². The van der Waals surface area contributed by atoms with Gasteiger partial charge in [0.1, 0.15) is 23.9 Å². The first kappa shape index (κ1) is 29.6. The maximum Gasteiger partial charge on any atom is 0.243 e. The van der Waals surface area contributed by atoms with Gasteiger partial charge in [-0.2, -0.15) is 0 Å². The predicted molar refractivity (Wildman–Crippen MR) is 149 cm³/mol. The quantitative estimate of drug-likeness (QED) is 0.547. The van der Waals surface area contributed by atoms with Crippen LogP contribution in [-0.2, 0) is 27.2 Å². The molecule has 1 aliphatic rings. The van der Waals surface area contributed by atoms with Crippen LogP contribution in [0.1, 0.15) is 51.1 Å². The molecular weight excluding hydrogens is 502 g/mol. The molecule has 3 N–H and O–H groups in total. The van der Waals surface area contributed by atoms with Gasteiger partial charge < -0.3 is 25.6 Å². The lowest BCUT2D eigenvalue weighted by atomic mass is 9.97. The van der Waals surface area contributed by atoms with Crippen LogP contribution in [0.25, 0.3) is 0 Å². The fourth-order valence-corrected chi connectivity index (χ4v) is 5.10. The van der Waals surface area contributed by atoms with Gasteiger partial charge >= 0.3 is 0 Å². The van der Waals surface area contributed by atoms with Crippen molar-refractivity contribution in [1.82, 2.24) is 25.8 Å². The van der Waals surface area contributed by atoms with Crippen LogP contribution in [0.4, 0.5) is 0 Å². The highest BCUT2D eigenvalue weighted by Crippen LogP contribution is 2.19. The van der Waals surface area contributed by atoms with Crippen LogP contribution in [0.5, 0.6) is 5.75 Å². The first-order chi connectivity index (χ1) is 18.2. The number of thiophene rings is 1. The SMILES string of the molecule is CCC(C)[C@@H]1NC[C@@H](C)Oc2cccnc2CCCNC(=O)[C@@H](Cc2cccs2)NC(=O)[C@@H](C)N(C)C1=O. The Bertz CT molecular complexity index is 1060. The molecule has 38 heavy (non-hydrogen) atoms. The molecule has 1 unspecified atom stereocenters. The van der Waals surface area contributed by atoms with Crippen LogP contribution in [0.15, 0.2) is 35.8 Å². The van der Waals surface area contributed by atoms with Crippen LogP contribution in [-0.4, -0.2) is 72.0 Å². The largest absolute Gasteiger partial charge is 0.487 e. The number of aryl methyl sites for hydroxylation is 1. The van der Waals surface area contributed by atoms with Crippen LogP contribution < -0.4 is 20.7 Å². The van der Waals surface area contributed by atoms with Gasteiger partial charge in [-0.3, -0.25) is 19.4 Å². The molecular formula is C28H41N5O4S. The van der Waals surface area contributed by atoms with E-state index in [1.54, 1.807) is 20.2 Å². The van der Waals surface area contributed by atoms with Crippen molar-refractivity contribution < 1.29 is 19.1 Å². The highest BCUT2D eigenvalue weighted by atomic mass is 32.1. The number of amides is 3. The molecule has 10 heteroatoms. The Kier molecular flexibility index (Phi) is 11.1. The van der Waals surface area contributed by atoms with E-state index in [0.717, 1.165) is 17.0 Å². The lowest BCUT2D eigenvalue weighted by Crippen LogP contribution is -2.57. The van der Waals surface area contributed by atoms with Crippen molar-refractivity contribution in [3.05, 3.63) is 46.4 Å². The summed E-state index contributed by atoms with van der Waals surface area (Å²) in [6.45, 7) is 8.60. The maximum absolute atomic E-state index is 13.6. The van der Waals surface area contributed by atoms with Crippen molar-refractivity contribution in [3.63, 3.8) is 0 Å². The molecule has 3 heterocycles. The molecule has 3 rings (SSSR count). The number of hydrogen-bond acceptors (Lipinski definition) is 7. The lowest BCUT2D eigenvalue weighted by Gasteiger charge is -2.33. The van der Waals surface area contributed by atoms with E-state index in [1.165, 1.54) is 16.2 Å². The third kappa shape index (κ3) is 8.01. The summed E-state index contributed by atoms with van der Waals surface area (Å²) in [6, 6.07) is 5.63. The summed E-state index contributed by atoms with van der Waals surface area (Å²) in [5, 5.41) is 11.2. The van der Waals surface area contributed by atoms with Crippen molar-refractivity contribution in [3.8, 4) is 5.75 Å². The van der Waals surface area contributed by atoms with Gasteiger partial charge in [0.05, 0.1) is 11.7 Å². The second-order valence-electron chi connectivity index (χ2n) is 10.0. The van der Waals surface area contributed by atoms with Gasteiger partial charge in [-0.15, -0.1) is 11.3 Å². The standard InChI is InChI=1S/C28H41N5O4S/c1-6-18(2)25-28(36)33(5)20(4)26(34)32-23(16-21-10-9-15-38-21)27(35)30-14-7-11-22-24(12-8-13-29-22)37-19(3)17-31-25/h8-10,12-13,15,18-20,23,25,31H,6-7,11,14,16-17H2,1-5H3,(H,30,35)(H,32,34)/t18?,19-,20-,23-,25+/m1/s1. The van der Waals surface area contributed by atoms with Crippen LogP contribution in [0, 0.1) is 5.92 Å². The number of fused-ring (bicyclic) bond motifs is 1. The molecule has 2 aromatic heterocycles. The first-order valence-corrected chi connectivity index (χ1v) is 14.3. The second-order valence-corrected chi connectivity index (χ2v) is 11.0. The minimum Gasteiger partial charge on any atom is -0.487 e. The molecule has 208 valence electrons. The summed E-state index contributed by atoms with van der Waals surface area (Å²) < 4.78 is 6.20. The zero-order chi connectivity index (χ0) is 27.7. The molecule has 0 bridgehead atoms. The second kappa shape index (κ2) is 14.2. The summed E-state index contributed by atoms with van der Waals surface area (Å²) in [7, 11) is 1.64. The number of ether oxygens (including phenoxy) is 1. The lowest BCUT2D eigenvalue weighted by molar-refractivity contribution is -0.141. The molecule has 0 radical (unpaired) electrons. The summed E-state index contributed by atoms with van der Waals surface area (Å²) in [5.41, 5.74) is 0.821. The van der Waals surface area contributed by atoms with E-state index < -0.39 is 18.1 Å². The minimum absolute atomic E-state index is 0.0457. The Morgan fingerprint density at radius 3 is 2.68 bits per heavy atom. The number of hydrogen-bond donors (Lipinski definition) is 3. The zero-order valence-electron chi connectivity index (χ0n) is 23.0. The van der Waals surface area contributed by atoms with E-state index in [2.05, 4.69) is 20.9 Å². The van der Waals surface area contributed by atoms with Gasteiger partial charge in [-0.05, 0) is 56.2 Å². The molecule has 0 saturated carbocycles. The van der Waals surface area contributed by atoms with E-state index in [1.807, 2.05) is 50.4 Å². The average Bonchev–Trinajstić information content (AvgIpc) is 3.43. The van der Waals surface area contributed by atoms with Crippen LogP contribution in [0.2, 0.25) is 0 Å². The van der Waals surface area contributed by atoms with Crippen molar-refractivity contribution in [1.29, 1.82) is 0 Å². The number of rotatable bonds is 4. The monoisotopic (exact) mass is 543 g/mol. The summed E-state index contributed by atoms with van der Waals surface area (Å²) in [6.07, 6.45) is 4.01. The number of pyridine rings is 1. The third-order valence-corrected chi connectivity index (χ3v) is 8.00. The number of aromatic nitrogens is 1. The van der Waals surface area contributed by atoms with Gasteiger partial charge in [0.15, 0.2) is 0 Å². The van der Waals surface area contributed by atoms with Gasteiger partial charge in [0, 0.05) is 37.6 Å². The molecule has 3 amide bonds. The van der Waals surface area contributed by atoms with Gasteiger partial charge in [0.2, 0.25) is 17.7 Å². The molecule has 1 aliphatic heterocycles. The summed E-state index contributed by atoms with van der Waals surface area (Å²) >= 11 is 1.54. The molecule has 9 nitrogen and oxygen atoms in total. The Hall–Kier alpha value is -2.98. The molecule has 0 aromatic carbocycles. The van der Waals surface area contributed by atoms with E-state index in [9.17, 15) is 14.4 Å². The highest BCUT2D eigenvalue weighted by Gasteiger charge is 2.33. The average molecular weight is 544 g/mol. The van der Waals surface area contributed by atoms with Crippen molar-refractivity contribution >= 4 is 29.1 Å². The molecule has 2 aromatic rings. The third-order valence-electron chi connectivity index (χ3n) is 7.10.